The number of halogens is 4. The second-order valence-electron chi connectivity index (χ2n) is 5.43. The number of alkyl halides is 4. The number of methoxy groups -OCH3 is 1. The second-order valence-corrected chi connectivity index (χ2v) is 6.37. The highest BCUT2D eigenvalue weighted by Gasteiger charge is 2.21. The maximum atomic E-state index is 12.9. The van der Waals surface area contributed by atoms with Crippen LogP contribution in [0.5, 0.6) is 11.5 Å². The summed E-state index contributed by atoms with van der Waals surface area (Å²) >= 11 is 1.06. The fraction of sp³-hybridized carbons (Fsp3) is 0.294. The van der Waals surface area contributed by atoms with E-state index in [1.807, 2.05) is 6.92 Å². The van der Waals surface area contributed by atoms with Crippen molar-refractivity contribution in [1.29, 1.82) is 0 Å². The molecule has 28 heavy (non-hydrogen) atoms. The molecule has 0 amide bonds. The molecule has 2 heterocycles. The third kappa shape index (κ3) is 4.24. The van der Waals surface area contributed by atoms with Gasteiger partial charge in [-0.05, 0) is 25.1 Å². The molecule has 150 valence electrons. The molecule has 0 N–H and O–H groups in total. The third-order valence-corrected chi connectivity index (χ3v) is 4.73. The van der Waals surface area contributed by atoms with Crippen LogP contribution in [0.2, 0.25) is 0 Å². The summed E-state index contributed by atoms with van der Waals surface area (Å²) in [4.78, 5) is 12.9. The number of hydrogen-bond donors (Lipinski definition) is 0. The van der Waals surface area contributed by atoms with Gasteiger partial charge in [-0.3, -0.25) is 4.98 Å². The van der Waals surface area contributed by atoms with Gasteiger partial charge in [-0.25, -0.2) is 4.98 Å². The molecule has 0 atom stereocenters. The van der Waals surface area contributed by atoms with E-state index >= 15 is 0 Å². The van der Waals surface area contributed by atoms with E-state index in [1.54, 1.807) is 12.3 Å². The summed E-state index contributed by atoms with van der Waals surface area (Å²) in [6, 6.07) is 5.78. The van der Waals surface area contributed by atoms with Crippen molar-refractivity contribution in [2.45, 2.75) is 31.1 Å². The maximum absolute atomic E-state index is 12.9. The molecule has 3 rings (SSSR count). The zero-order valence-corrected chi connectivity index (χ0v) is 15.6. The summed E-state index contributed by atoms with van der Waals surface area (Å²) in [5.74, 6) is 0.668. The summed E-state index contributed by atoms with van der Waals surface area (Å²) in [5.41, 5.74) is 1.51. The summed E-state index contributed by atoms with van der Waals surface area (Å²) < 4.78 is 61.5. The van der Waals surface area contributed by atoms with Gasteiger partial charge in [0.1, 0.15) is 16.8 Å². The van der Waals surface area contributed by atoms with Gasteiger partial charge in [0, 0.05) is 17.5 Å². The summed E-state index contributed by atoms with van der Waals surface area (Å²) in [6.07, 6.45) is 1.56. The largest absolute Gasteiger partial charge is 0.496 e. The number of fused-ring (bicyclic) bond motifs is 1. The molecule has 3 aromatic rings. The quantitative estimate of drug-likeness (QED) is 0.403. The van der Waals surface area contributed by atoms with Crippen LogP contribution in [-0.4, -0.2) is 35.0 Å². The van der Waals surface area contributed by atoms with Crippen molar-refractivity contribution in [3.8, 4) is 11.5 Å². The number of benzene rings is 1. The number of rotatable bonds is 8. The molecule has 0 spiro atoms. The zero-order chi connectivity index (χ0) is 20.3. The highest BCUT2D eigenvalue weighted by Crippen LogP contribution is 2.32. The van der Waals surface area contributed by atoms with Gasteiger partial charge in [-0.2, -0.15) is 22.3 Å². The van der Waals surface area contributed by atoms with Gasteiger partial charge < -0.3 is 14.3 Å². The fourth-order valence-corrected chi connectivity index (χ4v) is 3.52. The van der Waals surface area contributed by atoms with Gasteiger partial charge in [-0.15, -0.1) is 0 Å². The van der Waals surface area contributed by atoms with Gasteiger partial charge in [0.05, 0.1) is 12.8 Å². The topological polar surface area (TPSA) is 58.4 Å². The number of thioether (sulfide) groups is 1. The van der Waals surface area contributed by atoms with Gasteiger partial charge in [0.15, 0.2) is 5.75 Å². The monoisotopic (exact) mass is 417 g/mol. The van der Waals surface area contributed by atoms with Crippen LogP contribution in [0.15, 0.2) is 35.6 Å². The number of pyridine rings is 1. The minimum Gasteiger partial charge on any atom is -0.496 e. The van der Waals surface area contributed by atoms with Crippen molar-refractivity contribution in [3.63, 3.8) is 0 Å². The molecule has 0 bridgehead atoms. The Bertz CT molecular complexity index is 968. The first-order valence-electron chi connectivity index (χ1n) is 7.93. The van der Waals surface area contributed by atoms with E-state index < -0.39 is 13.2 Å². The summed E-state index contributed by atoms with van der Waals surface area (Å²) in [5, 5.41) is 0.0460. The molecule has 0 saturated heterocycles. The van der Waals surface area contributed by atoms with Crippen LogP contribution >= 0.6 is 11.8 Å². The lowest BCUT2D eigenvalue weighted by atomic mass is 10.2. The standard InChI is InChI=1S/C17H15F4N3O3S/c1-9-10(22-7-6-12(9)25-2)8-28-17-23-14-11(24(17)27-16(20)21)4-3-5-13(14)26-15(18)19/h3-7,15-16H,8H2,1-2H3. The summed E-state index contributed by atoms with van der Waals surface area (Å²) in [7, 11) is 1.53. The Balaban J connectivity index is 1.97. The molecule has 0 saturated carbocycles. The van der Waals surface area contributed by atoms with E-state index in [0.717, 1.165) is 22.1 Å². The molecule has 0 fully saturated rings. The van der Waals surface area contributed by atoms with Crippen molar-refractivity contribution in [2.75, 3.05) is 7.11 Å². The first-order chi connectivity index (χ1) is 13.4. The van der Waals surface area contributed by atoms with Crippen LogP contribution in [0.3, 0.4) is 0 Å². The second kappa shape index (κ2) is 8.55. The molecular weight excluding hydrogens is 402 g/mol. The Labute approximate surface area is 161 Å². The van der Waals surface area contributed by atoms with Crippen LogP contribution in [0.1, 0.15) is 11.3 Å². The Morgan fingerprint density at radius 1 is 1.11 bits per heavy atom. The highest BCUT2D eigenvalue weighted by atomic mass is 32.2. The minimum absolute atomic E-state index is 0.0127. The van der Waals surface area contributed by atoms with Crippen LogP contribution in [0.25, 0.3) is 11.0 Å². The molecule has 1 aromatic carbocycles. The molecule has 6 nitrogen and oxygen atoms in total. The van der Waals surface area contributed by atoms with E-state index in [4.69, 9.17) is 4.74 Å². The third-order valence-electron chi connectivity index (χ3n) is 3.80. The zero-order valence-electron chi connectivity index (χ0n) is 14.7. The molecule has 0 aliphatic heterocycles. The van der Waals surface area contributed by atoms with E-state index in [1.165, 1.54) is 25.3 Å². The van der Waals surface area contributed by atoms with Crippen molar-refractivity contribution >= 4 is 22.8 Å². The van der Waals surface area contributed by atoms with Crippen molar-refractivity contribution in [1.82, 2.24) is 14.7 Å². The number of para-hydroxylation sites is 1. The average Bonchev–Trinajstić information content (AvgIpc) is 2.98. The highest BCUT2D eigenvalue weighted by molar-refractivity contribution is 7.98. The van der Waals surface area contributed by atoms with Gasteiger partial charge in [0.25, 0.3) is 0 Å². The molecular formula is C17H15F4N3O3S. The molecule has 11 heteroatoms. The summed E-state index contributed by atoms with van der Waals surface area (Å²) in [6.45, 7) is -4.39. The van der Waals surface area contributed by atoms with Gasteiger partial charge in [0.2, 0.25) is 5.16 Å². The predicted octanol–water partition coefficient (Wildman–Crippen LogP) is 4.29. The number of nitrogens with zero attached hydrogens (tertiary/aromatic N) is 3. The number of ether oxygens (including phenoxy) is 2. The first-order valence-corrected chi connectivity index (χ1v) is 8.92. The van der Waals surface area contributed by atoms with Crippen LogP contribution in [0, 0.1) is 6.92 Å². The lowest BCUT2D eigenvalue weighted by Crippen LogP contribution is -2.17. The number of hydrogen-bond acceptors (Lipinski definition) is 6. The van der Waals surface area contributed by atoms with Crippen LogP contribution < -0.4 is 14.3 Å². The van der Waals surface area contributed by atoms with Gasteiger partial charge in [-0.1, -0.05) is 17.8 Å². The SMILES string of the molecule is COc1ccnc(CSc2nc3c(OC(F)F)cccc3n2OC(F)F)c1C. The predicted molar refractivity (Wildman–Crippen MR) is 94.0 cm³/mol. The Morgan fingerprint density at radius 3 is 2.57 bits per heavy atom. The van der Waals surface area contributed by atoms with E-state index in [-0.39, 0.29) is 27.7 Å². The van der Waals surface area contributed by atoms with Crippen LogP contribution in [-0.2, 0) is 5.75 Å². The number of aromatic nitrogens is 3. The Kier molecular flexibility index (Phi) is 6.12. The maximum Gasteiger partial charge on any atom is 0.405 e. The van der Waals surface area contributed by atoms with Crippen molar-refractivity contribution < 1.29 is 31.9 Å². The van der Waals surface area contributed by atoms with E-state index in [0.29, 0.717) is 11.4 Å². The molecule has 2 aromatic heterocycles. The molecule has 0 aliphatic rings. The van der Waals surface area contributed by atoms with Crippen LogP contribution in [0.4, 0.5) is 17.6 Å². The smallest absolute Gasteiger partial charge is 0.405 e. The molecule has 0 radical (unpaired) electrons. The number of imidazole rings is 1. The van der Waals surface area contributed by atoms with Crippen molar-refractivity contribution in [3.05, 3.63) is 41.7 Å². The minimum atomic E-state index is -3.13. The lowest BCUT2D eigenvalue weighted by molar-refractivity contribution is -0.135. The van der Waals surface area contributed by atoms with E-state index in [9.17, 15) is 17.6 Å². The fourth-order valence-electron chi connectivity index (χ4n) is 2.55. The van der Waals surface area contributed by atoms with Gasteiger partial charge >= 0.3 is 13.2 Å². The van der Waals surface area contributed by atoms with E-state index in [2.05, 4.69) is 19.5 Å². The molecule has 0 aliphatic carbocycles. The average molecular weight is 417 g/mol. The normalized spacial score (nSPS) is 11.4. The Morgan fingerprint density at radius 2 is 1.89 bits per heavy atom. The lowest BCUT2D eigenvalue weighted by Gasteiger charge is -2.11. The Hall–Kier alpha value is -2.69. The first kappa shape index (κ1) is 20.1. The molecule has 0 unspecified atom stereocenters. The van der Waals surface area contributed by atoms with Crippen molar-refractivity contribution in [2.24, 2.45) is 0 Å².